The topological polar surface area (TPSA) is 86.8 Å². The molecule has 0 radical (unpaired) electrons. The Kier molecular flexibility index (Phi) is 10.7. The standard InChI is InChI=1S/C39H47Cl2N3O4S/c1-26(2)23-42-38(46)36(19-27-7-5-4-6-8-27)43(24-28-9-14-34(40)35(41)18-28)37(45)25-44(49(3,47)48)33-12-10-32(11-13-33)39-20-29-15-30(21-39)17-31(16-29)22-39/h4-14,18,26,29-31,36H,15-17,19-25H2,1-3H3,(H,42,46)/t29?,30?,31?,36-,39?/m0/s1. The van der Waals surface area contributed by atoms with E-state index in [1.807, 2.05) is 56.3 Å². The molecule has 3 aromatic rings. The van der Waals surface area contributed by atoms with Crippen molar-refractivity contribution in [3.63, 3.8) is 0 Å². The van der Waals surface area contributed by atoms with Gasteiger partial charge in [-0.05, 0) is 109 Å². The van der Waals surface area contributed by atoms with Crippen LogP contribution in [0, 0.1) is 23.7 Å². The normalized spacial score (nSPS) is 23.3. The van der Waals surface area contributed by atoms with Crippen LogP contribution in [0.25, 0.3) is 0 Å². The zero-order valence-electron chi connectivity index (χ0n) is 28.6. The van der Waals surface area contributed by atoms with Gasteiger partial charge in [-0.1, -0.05) is 85.6 Å². The summed E-state index contributed by atoms with van der Waals surface area (Å²) in [5.41, 5.74) is 3.43. The van der Waals surface area contributed by atoms with Gasteiger partial charge >= 0.3 is 0 Å². The van der Waals surface area contributed by atoms with Gasteiger partial charge in [0, 0.05) is 19.5 Å². The Balaban J connectivity index is 1.31. The highest BCUT2D eigenvalue weighted by molar-refractivity contribution is 7.92. The first-order valence-corrected chi connectivity index (χ1v) is 20.0. The fourth-order valence-corrected chi connectivity index (χ4v) is 10.0. The van der Waals surface area contributed by atoms with Crippen molar-refractivity contribution in [2.45, 2.75) is 76.8 Å². The third-order valence-electron chi connectivity index (χ3n) is 10.8. The van der Waals surface area contributed by atoms with Gasteiger partial charge < -0.3 is 10.2 Å². The quantitative estimate of drug-likeness (QED) is 0.196. The lowest BCUT2D eigenvalue weighted by atomic mass is 9.48. The van der Waals surface area contributed by atoms with Crippen molar-refractivity contribution < 1.29 is 18.0 Å². The average Bonchev–Trinajstić information content (AvgIpc) is 3.05. The minimum atomic E-state index is -3.87. The minimum absolute atomic E-state index is 0.0326. The van der Waals surface area contributed by atoms with Crippen LogP contribution in [0.3, 0.4) is 0 Å². The van der Waals surface area contributed by atoms with Gasteiger partial charge in [0.1, 0.15) is 12.6 Å². The predicted molar refractivity (Wildman–Crippen MR) is 197 cm³/mol. The van der Waals surface area contributed by atoms with E-state index in [9.17, 15) is 18.0 Å². The van der Waals surface area contributed by atoms with Crippen molar-refractivity contribution in [3.8, 4) is 0 Å². The fourth-order valence-electron chi connectivity index (χ4n) is 8.87. The highest BCUT2D eigenvalue weighted by atomic mass is 35.5. The number of hydrogen-bond acceptors (Lipinski definition) is 4. The second-order valence-electron chi connectivity index (χ2n) is 15.1. The second kappa shape index (κ2) is 14.7. The first-order chi connectivity index (χ1) is 23.3. The van der Waals surface area contributed by atoms with Crippen molar-refractivity contribution in [1.82, 2.24) is 10.2 Å². The van der Waals surface area contributed by atoms with Gasteiger partial charge in [-0.3, -0.25) is 13.9 Å². The number of rotatable bonds is 13. The molecule has 4 bridgehead atoms. The van der Waals surface area contributed by atoms with E-state index >= 15 is 0 Å². The maximum atomic E-state index is 14.5. The Hall–Kier alpha value is -3.07. The van der Waals surface area contributed by atoms with Crippen molar-refractivity contribution in [2.75, 3.05) is 23.7 Å². The summed E-state index contributed by atoms with van der Waals surface area (Å²) in [5, 5.41) is 3.71. The molecule has 1 atom stereocenters. The molecule has 262 valence electrons. The minimum Gasteiger partial charge on any atom is -0.354 e. The summed E-state index contributed by atoms with van der Waals surface area (Å²) < 4.78 is 27.9. The molecule has 0 aliphatic heterocycles. The van der Waals surface area contributed by atoms with Crippen LogP contribution in [0.15, 0.2) is 72.8 Å². The Bertz CT molecular complexity index is 1730. The lowest BCUT2D eigenvalue weighted by Crippen LogP contribution is -2.53. The molecule has 4 aliphatic carbocycles. The molecule has 0 heterocycles. The molecule has 10 heteroatoms. The number of carbonyl (C=O) groups is 2. The van der Waals surface area contributed by atoms with E-state index in [1.54, 1.807) is 18.2 Å². The number of amides is 2. The molecule has 0 aromatic heterocycles. The van der Waals surface area contributed by atoms with Crippen molar-refractivity contribution >= 4 is 50.7 Å². The van der Waals surface area contributed by atoms with Crippen LogP contribution in [0.4, 0.5) is 5.69 Å². The van der Waals surface area contributed by atoms with Gasteiger partial charge in [0.15, 0.2) is 0 Å². The SMILES string of the molecule is CC(C)CNC(=O)[C@H](Cc1ccccc1)N(Cc1ccc(Cl)c(Cl)c1)C(=O)CN(c1ccc(C23CC4CC(CC(C4)C2)C3)cc1)S(C)(=O)=O. The summed E-state index contributed by atoms with van der Waals surface area (Å²) in [7, 11) is -3.87. The largest absolute Gasteiger partial charge is 0.354 e. The van der Waals surface area contributed by atoms with Crippen LogP contribution < -0.4 is 9.62 Å². The fraction of sp³-hybridized carbons (Fsp3) is 0.487. The molecule has 1 N–H and O–H groups in total. The monoisotopic (exact) mass is 723 g/mol. The van der Waals surface area contributed by atoms with E-state index in [-0.39, 0.29) is 30.2 Å². The van der Waals surface area contributed by atoms with Crippen LogP contribution >= 0.6 is 23.2 Å². The first kappa shape index (κ1) is 35.7. The summed E-state index contributed by atoms with van der Waals surface area (Å²) in [4.78, 5) is 29.8. The highest BCUT2D eigenvalue weighted by Gasteiger charge is 2.51. The molecule has 4 fully saturated rings. The maximum Gasteiger partial charge on any atom is 0.244 e. The predicted octanol–water partition coefficient (Wildman–Crippen LogP) is 7.64. The Morgan fingerprint density at radius 1 is 0.857 bits per heavy atom. The van der Waals surface area contributed by atoms with Crippen LogP contribution in [-0.2, 0) is 38.0 Å². The van der Waals surface area contributed by atoms with E-state index in [0.717, 1.165) is 33.9 Å². The number of benzene rings is 3. The number of hydrogen-bond donors (Lipinski definition) is 1. The van der Waals surface area contributed by atoms with E-state index in [0.29, 0.717) is 27.8 Å². The van der Waals surface area contributed by atoms with Crippen LogP contribution in [0.5, 0.6) is 0 Å². The molecule has 7 rings (SSSR count). The van der Waals surface area contributed by atoms with Gasteiger partial charge in [-0.15, -0.1) is 0 Å². The van der Waals surface area contributed by atoms with E-state index in [2.05, 4.69) is 17.4 Å². The molecule has 49 heavy (non-hydrogen) atoms. The number of nitrogens with one attached hydrogen (secondary N) is 1. The van der Waals surface area contributed by atoms with Gasteiger partial charge in [-0.2, -0.15) is 0 Å². The van der Waals surface area contributed by atoms with Crippen LogP contribution in [-0.4, -0.2) is 50.5 Å². The third kappa shape index (κ3) is 8.29. The van der Waals surface area contributed by atoms with Crippen molar-refractivity contribution in [3.05, 3.63) is 99.5 Å². The zero-order valence-corrected chi connectivity index (χ0v) is 30.9. The molecule has 7 nitrogen and oxygen atoms in total. The molecular weight excluding hydrogens is 677 g/mol. The summed E-state index contributed by atoms with van der Waals surface area (Å²) in [5.74, 6) is 1.76. The van der Waals surface area contributed by atoms with Gasteiger partial charge in [0.25, 0.3) is 0 Å². The Morgan fingerprint density at radius 2 is 1.47 bits per heavy atom. The molecule has 2 amide bonds. The number of nitrogens with zero attached hydrogens (tertiary/aromatic N) is 2. The molecule has 0 saturated heterocycles. The van der Waals surface area contributed by atoms with E-state index < -0.39 is 28.5 Å². The molecule has 0 spiro atoms. The molecular formula is C39H47Cl2N3O4S. The summed E-state index contributed by atoms with van der Waals surface area (Å²) >= 11 is 12.6. The number of halogens is 2. The van der Waals surface area contributed by atoms with Gasteiger partial charge in [-0.25, -0.2) is 8.42 Å². The zero-order chi connectivity index (χ0) is 34.9. The summed E-state index contributed by atoms with van der Waals surface area (Å²) in [6.45, 7) is 4.02. The van der Waals surface area contributed by atoms with Crippen LogP contribution in [0.2, 0.25) is 10.0 Å². The first-order valence-electron chi connectivity index (χ1n) is 17.4. The lowest BCUT2D eigenvalue weighted by Gasteiger charge is -2.57. The van der Waals surface area contributed by atoms with Crippen LogP contribution in [0.1, 0.15) is 69.1 Å². The molecule has 4 saturated carbocycles. The molecule has 4 aliphatic rings. The Labute approximate surface area is 301 Å². The Morgan fingerprint density at radius 3 is 2.02 bits per heavy atom. The maximum absolute atomic E-state index is 14.5. The molecule has 0 unspecified atom stereocenters. The smallest absolute Gasteiger partial charge is 0.244 e. The number of sulfonamides is 1. The third-order valence-corrected chi connectivity index (χ3v) is 12.7. The van der Waals surface area contributed by atoms with Gasteiger partial charge in [0.2, 0.25) is 21.8 Å². The second-order valence-corrected chi connectivity index (χ2v) is 17.9. The number of carbonyl (C=O) groups excluding carboxylic acids is 2. The van der Waals surface area contributed by atoms with E-state index in [1.165, 1.54) is 49.0 Å². The van der Waals surface area contributed by atoms with Gasteiger partial charge in [0.05, 0.1) is 22.0 Å². The highest BCUT2D eigenvalue weighted by Crippen LogP contribution is 2.60. The van der Waals surface area contributed by atoms with E-state index in [4.69, 9.17) is 23.2 Å². The van der Waals surface area contributed by atoms with Crippen molar-refractivity contribution in [2.24, 2.45) is 23.7 Å². The summed E-state index contributed by atoms with van der Waals surface area (Å²) in [6, 6.07) is 21.5. The average molecular weight is 725 g/mol. The summed E-state index contributed by atoms with van der Waals surface area (Å²) in [6.07, 6.45) is 9.03. The van der Waals surface area contributed by atoms with Crippen molar-refractivity contribution in [1.29, 1.82) is 0 Å². The lowest BCUT2D eigenvalue weighted by molar-refractivity contribution is -0.140. The number of anilines is 1. The molecule has 3 aromatic carbocycles.